The fraction of sp³-hybridized carbons (Fsp3) is 0.316. The van der Waals surface area contributed by atoms with Crippen LogP contribution in [-0.4, -0.2) is 43.5 Å². The number of methoxy groups -OCH3 is 2. The lowest BCUT2D eigenvalue weighted by Crippen LogP contribution is -2.18. The Bertz CT molecular complexity index is 731. The molecule has 0 aromatic heterocycles. The normalized spacial score (nSPS) is 10.8. The van der Waals surface area contributed by atoms with E-state index in [1.165, 1.54) is 0 Å². The van der Waals surface area contributed by atoms with Crippen molar-refractivity contribution in [2.45, 2.75) is 18.0 Å². The number of hydrogen-bond acceptors (Lipinski definition) is 5. The van der Waals surface area contributed by atoms with Crippen LogP contribution in [0.1, 0.15) is 21.5 Å². The van der Waals surface area contributed by atoms with Gasteiger partial charge in [-0.15, -0.1) is 11.8 Å². The number of nitrogens with zero attached hydrogens (tertiary/aromatic N) is 1. The highest BCUT2D eigenvalue weighted by atomic mass is 32.2. The van der Waals surface area contributed by atoms with Crippen molar-refractivity contribution >= 4 is 17.7 Å². The second kappa shape index (κ2) is 8.78. The van der Waals surface area contributed by atoms with Crippen LogP contribution in [0.25, 0.3) is 0 Å². The van der Waals surface area contributed by atoms with Gasteiger partial charge in [-0.25, -0.2) is 4.79 Å². The minimum Gasteiger partial charge on any atom is -0.493 e. The molecule has 2 aromatic rings. The van der Waals surface area contributed by atoms with Crippen LogP contribution in [0.2, 0.25) is 0 Å². The Morgan fingerprint density at radius 2 is 1.68 bits per heavy atom. The van der Waals surface area contributed by atoms with Crippen LogP contribution in [0.3, 0.4) is 0 Å². The van der Waals surface area contributed by atoms with Gasteiger partial charge < -0.3 is 14.6 Å². The Labute approximate surface area is 152 Å². The molecule has 0 aliphatic carbocycles. The van der Waals surface area contributed by atoms with Crippen LogP contribution in [0.4, 0.5) is 0 Å². The van der Waals surface area contributed by atoms with Gasteiger partial charge in [-0.2, -0.15) is 0 Å². The van der Waals surface area contributed by atoms with Gasteiger partial charge in [-0.1, -0.05) is 12.1 Å². The lowest BCUT2D eigenvalue weighted by Gasteiger charge is -2.20. The monoisotopic (exact) mass is 361 g/mol. The summed E-state index contributed by atoms with van der Waals surface area (Å²) in [5.41, 5.74) is 2.53. The fourth-order valence-electron chi connectivity index (χ4n) is 2.63. The molecule has 0 heterocycles. The summed E-state index contributed by atoms with van der Waals surface area (Å²) in [5, 5.41) is 8.97. The topological polar surface area (TPSA) is 59.0 Å². The highest BCUT2D eigenvalue weighted by Gasteiger charge is 2.13. The quantitative estimate of drug-likeness (QED) is 0.723. The number of thioether (sulfide) groups is 1. The van der Waals surface area contributed by atoms with Crippen LogP contribution in [0, 0.1) is 0 Å². The number of carbonyl (C=O) groups is 1. The molecule has 0 saturated carbocycles. The van der Waals surface area contributed by atoms with Gasteiger partial charge in [0.25, 0.3) is 0 Å². The summed E-state index contributed by atoms with van der Waals surface area (Å²) in [6, 6.07) is 11.0. The number of benzene rings is 2. The van der Waals surface area contributed by atoms with E-state index in [4.69, 9.17) is 14.6 Å². The molecule has 6 heteroatoms. The molecule has 0 amide bonds. The summed E-state index contributed by atoms with van der Waals surface area (Å²) >= 11 is 1.67. The summed E-state index contributed by atoms with van der Waals surface area (Å²) in [7, 11) is 5.30. The SMILES string of the molecule is COc1cc(CN(C)Cc2ccc(C(=O)O)cc2)c(SC)cc1OC. The molecule has 0 bridgehead atoms. The molecule has 134 valence electrons. The van der Waals surface area contributed by atoms with E-state index in [1.54, 1.807) is 38.1 Å². The molecule has 0 spiro atoms. The van der Waals surface area contributed by atoms with Crippen LogP contribution in [0.15, 0.2) is 41.3 Å². The zero-order valence-corrected chi connectivity index (χ0v) is 15.7. The van der Waals surface area contributed by atoms with Gasteiger partial charge in [-0.3, -0.25) is 4.90 Å². The molecule has 2 rings (SSSR count). The van der Waals surface area contributed by atoms with E-state index >= 15 is 0 Å². The maximum absolute atomic E-state index is 10.9. The van der Waals surface area contributed by atoms with Crippen molar-refractivity contribution in [1.29, 1.82) is 0 Å². The standard InChI is InChI=1S/C19H23NO4S/c1-20(11-13-5-7-14(8-6-13)19(21)22)12-15-9-16(23-2)17(24-3)10-18(15)25-4/h5-10H,11-12H2,1-4H3,(H,21,22). The van der Waals surface area contributed by atoms with E-state index < -0.39 is 5.97 Å². The van der Waals surface area contributed by atoms with E-state index in [0.29, 0.717) is 5.56 Å². The first-order valence-electron chi connectivity index (χ1n) is 7.78. The first-order chi connectivity index (χ1) is 12.0. The van der Waals surface area contributed by atoms with E-state index in [1.807, 2.05) is 37.6 Å². The van der Waals surface area contributed by atoms with E-state index in [-0.39, 0.29) is 0 Å². The number of rotatable bonds is 8. The third-order valence-corrected chi connectivity index (χ3v) is 4.70. The molecule has 1 N–H and O–H groups in total. The minimum atomic E-state index is -0.908. The molecular formula is C19H23NO4S. The first-order valence-corrected chi connectivity index (χ1v) is 9.00. The molecule has 0 aliphatic rings. The second-order valence-electron chi connectivity index (χ2n) is 5.69. The van der Waals surface area contributed by atoms with Crippen LogP contribution >= 0.6 is 11.8 Å². The van der Waals surface area contributed by atoms with Crippen LogP contribution in [0.5, 0.6) is 11.5 Å². The van der Waals surface area contributed by atoms with Gasteiger partial charge in [0.15, 0.2) is 11.5 Å². The zero-order valence-electron chi connectivity index (χ0n) is 14.9. The predicted octanol–water partition coefficient (Wildman–Crippen LogP) is 3.76. The number of carboxylic acid groups (broad SMARTS) is 1. The Morgan fingerprint density at radius 1 is 1.08 bits per heavy atom. The molecule has 0 aliphatic heterocycles. The molecule has 25 heavy (non-hydrogen) atoms. The van der Waals surface area contributed by atoms with Gasteiger partial charge in [-0.05, 0) is 48.7 Å². The molecule has 0 saturated heterocycles. The second-order valence-corrected chi connectivity index (χ2v) is 6.54. The average Bonchev–Trinajstić information content (AvgIpc) is 2.61. The number of carboxylic acids is 1. The summed E-state index contributed by atoms with van der Waals surface area (Å²) in [4.78, 5) is 14.2. The highest BCUT2D eigenvalue weighted by molar-refractivity contribution is 7.98. The largest absolute Gasteiger partial charge is 0.493 e. The lowest BCUT2D eigenvalue weighted by molar-refractivity contribution is 0.0697. The van der Waals surface area contributed by atoms with Crippen LogP contribution in [-0.2, 0) is 13.1 Å². The number of ether oxygens (including phenoxy) is 2. The lowest BCUT2D eigenvalue weighted by atomic mass is 10.1. The fourth-order valence-corrected chi connectivity index (χ4v) is 3.24. The van der Waals surface area contributed by atoms with E-state index in [2.05, 4.69) is 4.90 Å². The van der Waals surface area contributed by atoms with Crippen molar-refractivity contribution in [2.24, 2.45) is 0 Å². The van der Waals surface area contributed by atoms with Crippen molar-refractivity contribution in [2.75, 3.05) is 27.5 Å². The summed E-state index contributed by atoms with van der Waals surface area (Å²) in [6.45, 7) is 1.47. The maximum Gasteiger partial charge on any atom is 0.335 e. The van der Waals surface area contributed by atoms with Crippen molar-refractivity contribution in [3.63, 3.8) is 0 Å². The first kappa shape index (κ1) is 19.1. The highest BCUT2D eigenvalue weighted by Crippen LogP contribution is 2.35. The third kappa shape index (κ3) is 4.90. The Hall–Kier alpha value is -2.18. The van der Waals surface area contributed by atoms with E-state index in [9.17, 15) is 4.79 Å². The molecule has 0 unspecified atom stereocenters. The molecule has 0 fully saturated rings. The summed E-state index contributed by atoms with van der Waals surface area (Å²) in [5.74, 6) is 0.534. The van der Waals surface area contributed by atoms with Gasteiger partial charge in [0.2, 0.25) is 0 Å². The predicted molar refractivity (Wildman–Crippen MR) is 99.9 cm³/mol. The third-order valence-electron chi connectivity index (χ3n) is 3.88. The molecule has 0 atom stereocenters. The Morgan fingerprint density at radius 3 is 2.20 bits per heavy atom. The van der Waals surface area contributed by atoms with Crippen LogP contribution < -0.4 is 9.47 Å². The minimum absolute atomic E-state index is 0.302. The summed E-state index contributed by atoms with van der Waals surface area (Å²) < 4.78 is 10.8. The molecular weight excluding hydrogens is 338 g/mol. The molecule has 5 nitrogen and oxygen atoms in total. The average molecular weight is 361 g/mol. The Balaban J connectivity index is 2.13. The van der Waals surface area contributed by atoms with Crippen molar-refractivity contribution in [3.8, 4) is 11.5 Å². The molecule has 2 aromatic carbocycles. The zero-order chi connectivity index (χ0) is 18.4. The maximum atomic E-state index is 10.9. The van der Waals surface area contributed by atoms with Gasteiger partial charge in [0.05, 0.1) is 19.8 Å². The van der Waals surface area contributed by atoms with Gasteiger partial charge in [0.1, 0.15) is 0 Å². The number of hydrogen-bond donors (Lipinski definition) is 1. The van der Waals surface area contributed by atoms with Gasteiger partial charge in [0, 0.05) is 18.0 Å². The summed E-state index contributed by atoms with van der Waals surface area (Å²) in [6.07, 6.45) is 2.04. The van der Waals surface area contributed by atoms with Crippen molar-refractivity contribution in [1.82, 2.24) is 4.90 Å². The Kier molecular flexibility index (Phi) is 6.73. The smallest absolute Gasteiger partial charge is 0.335 e. The number of aromatic carboxylic acids is 1. The van der Waals surface area contributed by atoms with E-state index in [0.717, 1.165) is 40.6 Å². The van der Waals surface area contributed by atoms with Gasteiger partial charge >= 0.3 is 5.97 Å². The van der Waals surface area contributed by atoms with Crippen molar-refractivity contribution in [3.05, 3.63) is 53.1 Å². The van der Waals surface area contributed by atoms with Crippen molar-refractivity contribution < 1.29 is 19.4 Å². The molecule has 0 radical (unpaired) electrons.